The number of carbonyl (C=O) groups is 1. The lowest BCUT2D eigenvalue weighted by Gasteiger charge is -2.15. The number of carbonyl (C=O) groups excluding carboxylic acids is 1. The smallest absolute Gasteiger partial charge is 0.257 e. The summed E-state index contributed by atoms with van der Waals surface area (Å²) in [4.78, 5) is 18.3. The van der Waals surface area contributed by atoms with Crippen LogP contribution in [0, 0.1) is 5.92 Å². The topological polar surface area (TPSA) is 76.1 Å². The lowest BCUT2D eigenvalue weighted by molar-refractivity contribution is 0.102. The molecular formula is C17H20N2O3S2. The Bertz CT molecular complexity index is 872. The second-order valence-corrected chi connectivity index (χ2v) is 9.48. The molecule has 1 aromatic carbocycles. The van der Waals surface area contributed by atoms with Crippen molar-refractivity contribution in [3.8, 4) is 0 Å². The molecule has 7 heteroatoms. The van der Waals surface area contributed by atoms with Crippen molar-refractivity contribution >= 4 is 32.2 Å². The van der Waals surface area contributed by atoms with Crippen molar-refractivity contribution in [2.75, 3.05) is 11.1 Å². The van der Waals surface area contributed by atoms with Gasteiger partial charge in [0.2, 0.25) is 0 Å². The molecule has 0 aliphatic heterocycles. The van der Waals surface area contributed by atoms with Gasteiger partial charge in [0.25, 0.3) is 5.91 Å². The molecule has 1 atom stereocenters. The maximum absolute atomic E-state index is 12.4. The second-order valence-electron chi connectivity index (χ2n) is 6.12. The third-order valence-corrected chi connectivity index (χ3v) is 7.01. The fraction of sp³-hybridized carbons (Fsp3) is 0.412. The van der Waals surface area contributed by atoms with Crippen molar-refractivity contribution < 1.29 is 13.2 Å². The van der Waals surface area contributed by atoms with Crippen molar-refractivity contribution in [2.45, 2.75) is 38.0 Å². The highest BCUT2D eigenvalue weighted by Crippen LogP contribution is 2.32. The quantitative estimate of drug-likeness (QED) is 0.903. The molecular weight excluding hydrogens is 344 g/mol. The van der Waals surface area contributed by atoms with Crippen molar-refractivity contribution in [1.82, 2.24) is 4.98 Å². The van der Waals surface area contributed by atoms with Gasteiger partial charge in [-0.1, -0.05) is 19.9 Å². The SMILES string of the molecule is CCS(=O)(=O)c1cccc(C(=O)Nc2nc3c(s2)C[C@H](C)CC3)c1. The van der Waals surface area contributed by atoms with Gasteiger partial charge >= 0.3 is 0 Å². The number of nitrogens with one attached hydrogen (secondary N) is 1. The van der Waals surface area contributed by atoms with Crippen LogP contribution < -0.4 is 5.32 Å². The maximum atomic E-state index is 12.4. The van der Waals surface area contributed by atoms with E-state index in [1.165, 1.54) is 28.3 Å². The van der Waals surface area contributed by atoms with Gasteiger partial charge in [0.15, 0.2) is 15.0 Å². The average molecular weight is 364 g/mol. The van der Waals surface area contributed by atoms with Gasteiger partial charge in [0.1, 0.15) is 0 Å². The van der Waals surface area contributed by atoms with Crippen LogP contribution in [0.3, 0.4) is 0 Å². The number of hydrogen-bond donors (Lipinski definition) is 1. The summed E-state index contributed by atoms with van der Waals surface area (Å²) in [5, 5.41) is 3.39. The third-order valence-electron chi connectivity index (χ3n) is 4.24. The minimum atomic E-state index is -3.33. The van der Waals surface area contributed by atoms with Crippen molar-refractivity contribution in [3.63, 3.8) is 0 Å². The number of fused-ring (bicyclic) bond motifs is 1. The minimum Gasteiger partial charge on any atom is -0.298 e. The predicted octanol–water partition coefficient (Wildman–Crippen LogP) is 3.31. The highest BCUT2D eigenvalue weighted by atomic mass is 32.2. The first-order chi connectivity index (χ1) is 11.4. The van der Waals surface area contributed by atoms with E-state index < -0.39 is 9.84 Å². The number of anilines is 1. The van der Waals surface area contributed by atoms with Gasteiger partial charge in [-0.3, -0.25) is 10.1 Å². The Hall–Kier alpha value is -1.73. The lowest BCUT2D eigenvalue weighted by atomic mass is 9.93. The monoisotopic (exact) mass is 364 g/mol. The zero-order chi connectivity index (χ0) is 17.3. The molecule has 2 aromatic rings. The molecule has 0 fully saturated rings. The highest BCUT2D eigenvalue weighted by Gasteiger charge is 2.21. The lowest BCUT2D eigenvalue weighted by Crippen LogP contribution is -2.13. The minimum absolute atomic E-state index is 0.00938. The molecule has 0 saturated heterocycles. The van der Waals surface area contributed by atoms with E-state index in [1.807, 2.05) is 0 Å². The number of hydrogen-bond acceptors (Lipinski definition) is 5. The summed E-state index contributed by atoms with van der Waals surface area (Å²) in [6.07, 6.45) is 3.08. The number of aromatic nitrogens is 1. The number of thiazole rings is 1. The van der Waals surface area contributed by atoms with Crippen LogP contribution >= 0.6 is 11.3 Å². The molecule has 24 heavy (non-hydrogen) atoms. The van der Waals surface area contributed by atoms with Crippen LogP contribution in [0.2, 0.25) is 0 Å². The number of sulfone groups is 1. The first-order valence-corrected chi connectivity index (χ1v) is 10.5. The highest BCUT2D eigenvalue weighted by molar-refractivity contribution is 7.91. The predicted molar refractivity (Wildman–Crippen MR) is 95.4 cm³/mol. The molecule has 0 unspecified atom stereocenters. The molecule has 0 radical (unpaired) electrons. The Balaban J connectivity index is 1.80. The zero-order valence-corrected chi connectivity index (χ0v) is 15.3. The van der Waals surface area contributed by atoms with Gasteiger partial charge in [-0.2, -0.15) is 0 Å². The van der Waals surface area contributed by atoms with E-state index in [2.05, 4.69) is 17.2 Å². The molecule has 1 heterocycles. The number of nitrogens with zero attached hydrogens (tertiary/aromatic N) is 1. The van der Waals surface area contributed by atoms with Crippen LogP contribution in [-0.4, -0.2) is 25.1 Å². The third kappa shape index (κ3) is 3.52. The average Bonchev–Trinajstić information content (AvgIpc) is 2.96. The molecule has 1 aromatic heterocycles. The van der Waals surface area contributed by atoms with Gasteiger partial charge < -0.3 is 0 Å². The molecule has 0 spiro atoms. The Morgan fingerprint density at radius 2 is 2.21 bits per heavy atom. The zero-order valence-electron chi connectivity index (χ0n) is 13.7. The van der Waals surface area contributed by atoms with Crippen LogP contribution in [0.15, 0.2) is 29.2 Å². The van der Waals surface area contributed by atoms with Crippen LogP contribution in [0.25, 0.3) is 0 Å². The standard InChI is InChI=1S/C17H20N2O3S2/c1-3-24(21,22)13-6-4-5-12(10-13)16(20)19-17-18-14-8-7-11(2)9-15(14)23-17/h4-6,10-11H,3,7-9H2,1-2H3,(H,18,19,20)/t11-/m1/s1. The van der Waals surface area contributed by atoms with E-state index in [9.17, 15) is 13.2 Å². The van der Waals surface area contributed by atoms with Crippen LogP contribution in [0.1, 0.15) is 41.2 Å². The van der Waals surface area contributed by atoms with Gasteiger partial charge in [-0.15, -0.1) is 11.3 Å². The number of rotatable bonds is 4. The van der Waals surface area contributed by atoms with E-state index in [1.54, 1.807) is 19.1 Å². The normalized spacial score (nSPS) is 17.3. The number of amides is 1. The Kier molecular flexibility index (Phi) is 4.73. The molecule has 5 nitrogen and oxygen atoms in total. The fourth-order valence-corrected chi connectivity index (χ4v) is 4.85. The molecule has 1 amide bonds. The Labute approximate surface area is 146 Å². The molecule has 128 valence electrons. The van der Waals surface area contributed by atoms with Gasteiger partial charge in [0, 0.05) is 10.4 Å². The molecule has 1 N–H and O–H groups in total. The van der Waals surface area contributed by atoms with Crippen molar-refractivity contribution in [3.05, 3.63) is 40.4 Å². The Morgan fingerprint density at radius 1 is 1.42 bits per heavy atom. The summed E-state index contributed by atoms with van der Waals surface area (Å²) >= 11 is 1.52. The van der Waals surface area contributed by atoms with Crippen LogP contribution in [-0.2, 0) is 22.7 Å². The number of benzene rings is 1. The first kappa shape index (κ1) is 17.1. The van der Waals surface area contributed by atoms with Gasteiger partial charge in [-0.25, -0.2) is 13.4 Å². The fourth-order valence-electron chi connectivity index (χ4n) is 2.76. The molecule has 3 rings (SSSR count). The molecule has 1 aliphatic carbocycles. The largest absolute Gasteiger partial charge is 0.298 e. The Morgan fingerprint density at radius 3 is 2.96 bits per heavy atom. The maximum Gasteiger partial charge on any atom is 0.257 e. The van der Waals surface area contributed by atoms with E-state index >= 15 is 0 Å². The summed E-state index contributed by atoms with van der Waals surface area (Å²) in [6, 6.07) is 6.13. The summed E-state index contributed by atoms with van der Waals surface area (Å²) in [6.45, 7) is 3.81. The first-order valence-electron chi connectivity index (χ1n) is 8.02. The molecule has 0 saturated carbocycles. The van der Waals surface area contributed by atoms with Gasteiger partial charge in [0.05, 0.1) is 16.3 Å². The number of aryl methyl sites for hydroxylation is 1. The van der Waals surface area contributed by atoms with Crippen molar-refractivity contribution in [1.29, 1.82) is 0 Å². The molecule has 1 aliphatic rings. The summed E-state index contributed by atoms with van der Waals surface area (Å²) < 4.78 is 23.9. The van der Waals surface area contributed by atoms with Crippen LogP contribution in [0.4, 0.5) is 5.13 Å². The van der Waals surface area contributed by atoms with E-state index in [4.69, 9.17) is 0 Å². The van der Waals surface area contributed by atoms with E-state index in [-0.39, 0.29) is 16.6 Å². The summed E-state index contributed by atoms with van der Waals surface area (Å²) in [5.74, 6) is 0.329. The molecule has 0 bridgehead atoms. The van der Waals surface area contributed by atoms with Crippen molar-refractivity contribution in [2.24, 2.45) is 5.92 Å². The summed E-state index contributed by atoms with van der Waals surface area (Å²) in [7, 11) is -3.33. The van der Waals surface area contributed by atoms with Crippen LogP contribution in [0.5, 0.6) is 0 Å². The second kappa shape index (κ2) is 6.64. The summed E-state index contributed by atoms with van der Waals surface area (Å²) in [5.41, 5.74) is 1.40. The van der Waals surface area contributed by atoms with E-state index in [0.717, 1.165) is 25.0 Å². The van der Waals surface area contributed by atoms with Gasteiger partial charge in [-0.05, 0) is 43.4 Å². The van der Waals surface area contributed by atoms with E-state index in [0.29, 0.717) is 16.6 Å².